The Kier molecular flexibility index (Phi) is 4.61. The third-order valence-corrected chi connectivity index (χ3v) is 1.97. The molecule has 0 aliphatic heterocycles. The van der Waals surface area contributed by atoms with Crippen molar-refractivity contribution in [1.82, 2.24) is 5.32 Å². The fraction of sp³-hybridized carbons (Fsp3) is 0.200. The number of nitriles is 1. The Morgan fingerprint density at radius 3 is 2.56 bits per heavy atom. The van der Waals surface area contributed by atoms with Crippen LogP contribution in [0.4, 0.5) is 14.5 Å². The number of halogens is 2. The molecule has 0 atom stereocenters. The highest BCUT2D eigenvalue weighted by molar-refractivity contribution is 7.80. The number of rotatable bonds is 3. The largest absolute Gasteiger partial charge is 0.361 e. The number of benzene rings is 1. The second-order valence-corrected chi connectivity index (χ2v) is 3.29. The molecule has 0 amide bonds. The lowest BCUT2D eigenvalue weighted by Crippen LogP contribution is -2.29. The van der Waals surface area contributed by atoms with Gasteiger partial charge in [0, 0.05) is 6.54 Å². The Labute approximate surface area is 97.1 Å². The molecule has 16 heavy (non-hydrogen) atoms. The fourth-order valence-corrected chi connectivity index (χ4v) is 1.21. The molecule has 0 saturated heterocycles. The van der Waals surface area contributed by atoms with Gasteiger partial charge in [-0.2, -0.15) is 5.26 Å². The number of nitrogens with one attached hydrogen (secondary N) is 2. The highest BCUT2D eigenvalue weighted by Gasteiger charge is 2.08. The first-order valence-electron chi connectivity index (χ1n) is 4.51. The molecular weight excluding hydrogens is 232 g/mol. The van der Waals surface area contributed by atoms with Crippen molar-refractivity contribution in [3.8, 4) is 6.07 Å². The molecule has 2 N–H and O–H groups in total. The van der Waals surface area contributed by atoms with Gasteiger partial charge in [-0.3, -0.25) is 0 Å². The van der Waals surface area contributed by atoms with E-state index in [0.717, 1.165) is 12.1 Å². The third kappa shape index (κ3) is 3.44. The first-order valence-corrected chi connectivity index (χ1v) is 4.92. The molecule has 0 radical (unpaired) electrons. The Bertz CT molecular complexity index is 408. The lowest BCUT2D eigenvalue weighted by atomic mass is 10.3. The van der Waals surface area contributed by atoms with Crippen LogP contribution < -0.4 is 10.6 Å². The standard InChI is InChI=1S/C10H9F2N3S/c11-7-3-1-4-8(12)9(7)15-10(16)14-6-2-5-13/h1,3-4H,2,6H2,(H2,14,15,16). The number of nitrogens with zero attached hydrogens (tertiary/aromatic N) is 1. The minimum atomic E-state index is -0.718. The molecule has 0 saturated carbocycles. The smallest absolute Gasteiger partial charge is 0.170 e. The average Bonchev–Trinajstić information content (AvgIpc) is 2.24. The topological polar surface area (TPSA) is 47.9 Å². The lowest BCUT2D eigenvalue weighted by molar-refractivity contribution is 0.591. The summed E-state index contributed by atoms with van der Waals surface area (Å²) in [6.45, 7) is 0.332. The van der Waals surface area contributed by atoms with Crippen LogP contribution in [0.5, 0.6) is 0 Å². The molecule has 6 heteroatoms. The van der Waals surface area contributed by atoms with Crippen LogP contribution in [0.1, 0.15) is 6.42 Å². The summed E-state index contributed by atoms with van der Waals surface area (Å²) < 4.78 is 26.3. The summed E-state index contributed by atoms with van der Waals surface area (Å²) in [4.78, 5) is 0. The summed E-state index contributed by atoms with van der Waals surface area (Å²) in [7, 11) is 0. The monoisotopic (exact) mass is 241 g/mol. The summed E-state index contributed by atoms with van der Waals surface area (Å²) in [6, 6.07) is 5.43. The predicted octanol–water partition coefficient (Wildman–Crippen LogP) is 2.16. The quantitative estimate of drug-likeness (QED) is 0.629. The third-order valence-electron chi connectivity index (χ3n) is 1.72. The first kappa shape index (κ1) is 12.3. The van der Waals surface area contributed by atoms with Gasteiger partial charge in [-0.15, -0.1) is 0 Å². The van der Waals surface area contributed by atoms with Crippen LogP contribution in [0.2, 0.25) is 0 Å². The molecule has 0 fully saturated rings. The maximum Gasteiger partial charge on any atom is 0.170 e. The molecule has 3 nitrogen and oxygen atoms in total. The van der Waals surface area contributed by atoms with E-state index in [0.29, 0.717) is 6.54 Å². The van der Waals surface area contributed by atoms with E-state index in [-0.39, 0.29) is 17.2 Å². The molecule has 1 aromatic carbocycles. The maximum atomic E-state index is 13.2. The summed E-state index contributed by atoms with van der Waals surface area (Å²) in [5.74, 6) is -1.44. The molecular formula is C10H9F2N3S. The minimum absolute atomic E-state index is 0.0826. The van der Waals surface area contributed by atoms with Gasteiger partial charge in [0.05, 0.1) is 12.5 Å². The van der Waals surface area contributed by atoms with E-state index in [1.165, 1.54) is 6.07 Å². The van der Waals surface area contributed by atoms with Crippen LogP contribution >= 0.6 is 12.2 Å². The Morgan fingerprint density at radius 2 is 2.00 bits per heavy atom. The van der Waals surface area contributed by atoms with Crippen molar-refractivity contribution in [2.75, 3.05) is 11.9 Å². The molecule has 0 heterocycles. The summed E-state index contributed by atoms with van der Waals surface area (Å²) >= 11 is 4.80. The highest BCUT2D eigenvalue weighted by Crippen LogP contribution is 2.17. The average molecular weight is 241 g/mol. The number of hydrogen-bond donors (Lipinski definition) is 2. The van der Waals surface area contributed by atoms with E-state index < -0.39 is 11.6 Å². The molecule has 0 aromatic heterocycles. The zero-order valence-corrected chi connectivity index (χ0v) is 9.07. The molecule has 0 aliphatic rings. The van der Waals surface area contributed by atoms with Crippen LogP contribution in [-0.4, -0.2) is 11.7 Å². The van der Waals surface area contributed by atoms with Crippen molar-refractivity contribution in [3.05, 3.63) is 29.8 Å². The molecule has 0 aliphatic carbocycles. The van der Waals surface area contributed by atoms with Crippen LogP contribution in [0, 0.1) is 23.0 Å². The second kappa shape index (κ2) is 5.98. The first-order chi connectivity index (χ1) is 7.65. The predicted molar refractivity (Wildman–Crippen MR) is 60.8 cm³/mol. The van der Waals surface area contributed by atoms with Gasteiger partial charge in [-0.25, -0.2) is 8.78 Å². The molecule has 0 bridgehead atoms. The number of anilines is 1. The van der Waals surface area contributed by atoms with Gasteiger partial charge < -0.3 is 10.6 Å². The zero-order valence-electron chi connectivity index (χ0n) is 8.26. The van der Waals surface area contributed by atoms with Crippen molar-refractivity contribution in [1.29, 1.82) is 5.26 Å². The summed E-state index contributed by atoms with van der Waals surface area (Å²) in [5.41, 5.74) is -0.294. The van der Waals surface area contributed by atoms with Gasteiger partial charge in [0.15, 0.2) is 5.11 Å². The number of hydrogen-bond acceptors (Lipinski definition) is 2. The molecule has 1 aromatic rings. The van der Waals surface area contributed by atoms with E-state index in [9.17, 15) is 8.78 Å². The Balaban J connectivity index is 2.60. The van der Waals surface area contributed by atoms with E-state index in [2.05, 4.69) is 10.6 Å². The van der Waals surface area contributed by atoms with Crippen molar-refractivity contribution in [2.45, 2.75) is 6.42 Å². The van der Waals surface area contributed by atoms with Gasteiger partial charge in [0.1, 0.15) is 17.3 Å². The van der Waals surface area contributed by atoms with E-state index in [1.807, 2.05) is 6.07 Å². The van der Waals surface area contributed by atoms with Gasteiger partial charge in [0.25, 0.3) is 0 Å². The Hall–Kier alpha value is -1.74. The SMILES string of the molecule is N#CCCNC(=S)Nc1c(F)cccc1F. The second-order valence-electron chi connectivity index (χ2n) is 2.89. The van der Waals surface area contributed by atoms with Crippen molar-refractivity contribution >= 4 is 23.0 Å². The minimum Gasteiger partial charge on any atom is -0.361 e. The van der Waals surface area contributed by atoms with E-state index in [4.69, 9.17) is 17.5 Å². The van der Waals surface area contributed by atoms with Crippen LogP contribution in [0.15, 0.2) is 18.2 Å². The van der Waals surface area contributed by atoms with E-state index >= 15 is 0 Å². The van der Waals surface area contributed by atoms with Gasteiger partial charge >= 0.3 is 0 Å². The van der Waals surface area contributed by atoms with Crippen molar-refractivity contribution in [2.24, 2.45) is 0 Å². The normalized spacial score (nSPS) is 9.31. The molecule has 0 unspecified atom stereocenters. The van der Waals surface area contributed by atoms with Gasteiger partial charge in [-0.05, 0) is 24.4 Å². The summed E-state index contributed by atoms with van der Waals surface area (Å²) in [6.07, 6.45) is 0.265. The number of para-hydroxylation sites is 1. The van der Waals surface area contributed by atoms with Crippen LogP contribution in [0.25, 0.3) is 0 Å². The number of thiocarbonyl (C=S) groups is 1. The summed E-state index contributed by atoms with van der Waals surface area (Å²) in [5, 5.41) is 13.4. The molecule has 1 rings (SSSR count). The van der Waals surface area contributed by atoms with Crippen LogP contribution in [-0.2, 0) is 0 Å². The fourth-order valence-electron chi connectivity index (χ4n) is 1.01. The van der Waals surface area contributed by atoms with Gasteiger partial charge in [0.2, 0.25) is 0 Å². The molecule has 84 valence electrons. The van der Waals surface area contributed by atoms with Crippen LogP contribution in [0.3, 0.4) is 0 Å². The van der Waals surface area contributed by atoms with E-state index in [1.54, 1.807) is 0 Å². The Morgan fingerprint density at radius 1 is 1.38 bits per heavy atom. The highest BCUT2D eigenvalue weighted by atomic mass is 32.1. The van der Waals surface area contributed by atoms with Crippen molar-refractivity contribution in [3.63, 3.8) is 0 Å². The molecule has 0 spiro atoms. The zero-order chi connectivity index (χ0) is 12.0. The maximum absolute atomic E-state index is 13.2. The lowest BCUT2D eigenvalue weighted by Gasteiger charge is -2.10. The van der Waals surface area contributed by atoms with Crippen molar-refractivity contribution < 1.29 is 8.78 Å². The van der Waals surface area contributed by atoms with Gasteiger partial charge in [-0.1, -0.05) is 6.07 Å².